The minimum atomic E-state index is 0.00458. The highest BCUT2D eigenvalue weighted by molar-refractivity contribution is 5.99. The number of amides is 1. The molecule has 1 aromatic rings. The fraction of sp³-hybridized carbons (Fsp3) is 0.588. The Labute approximate surface area is 127 Å². The van der Waals surface area contributed by atoms with Crippen LogP contribution in [-0.4, -0.2) is 31.7 Å². The zero-order chi connectivity index (χ0) is 15.2. The molecule has 0 aromatic heterocycles. The smallest absolute Gasteiger partial charge is 0.253 e. The molecule has 0 radical (unpaired) electrons. The molecule has 2 rings (SSSR count). The van der Waals surface area contributed by atoms with E-state index >= 15 is 0 Å². The van der Waals surface area contributed by atoms with E-state index in [-0.39, 0.29) is 11.9 Å². The lowest BCUT2D eigenvalue weighted by atomic mass is 9.92. The van der Waals surface area contributed by atoms with Crippen LogP contribution < -0.4 is 10.6 Å². The molecule has 1 atom stereocenters. The summed E-state index contributed by atoms with van der Waals surface area (Å²) >= 11 is 0. The van der Waals surface area contributed by atoms with Crippen molar-refractivity contribution >= 4 is 11.6 Å². The summed E-state index contributed by atoms with van der Waals surface area (Å²) in [6, 6.07) is 6.09. The Morgan fingerprint density at radius 2 is 2.10 bits per heavy atom. The van der Waals surface area contributed by atoms with Gasteiger partial charge in [0, 0.05) is 31.5 Å². The molecule has 2 N–H and O–H groups in total. The molecule has 116 valence electrons. The highest BCUT2D eigenvalue weighted by atomic mass is 16.5. The number of rotatable bonds is 5. The van der Waals surface area contributed by atoms with Crippen molar-refractivity contribution in [1.82, 2.24) is 5.32 Å². The molecule has 0 aliphatic carbocycles. The van der Waals surface area contributed by atoms with E-state index in [0.717, 1.165) is 49.4 Å². The van der Waals surface area contributed by atoms with Gasteiger partial charge in [0.2, 0.25) is 0 Å². The maximum absolute atomic E-state index is 12.5. The summed E-state index contributed by atoms with van der Waals surface area (Å²) in [6.07, 6.45) is 2.05. The third kappa shape index (κ3) is 4.21. The van der Waals surface area contributed by atoms with E-state index in [1.807, 2.05) is 32.0 Å². The highest BCUT2D eigenvalue weighted by Crippen LogP contribution is 2.21. The summed E-state index contributed by atoms with van der Waals surface area (Å²) in [4.78, 5) is 12.5. The topological polar surface area (TPSA) is 50.4 Å². The molecule has 0 spiro atoms. The third-order valence-electron chi connectivity index (χ3n) is 4.12. The van der Waals surface area contributed by atoms with Crippen LogP contribution in [0.25, 0.3) is 0 Å². The first-order valence-corrected chi connectivity index (χ1v) is 7.85. The van der Waals surface area contributed by atoms with Gasteiger partial charge >= 0.3 is 0 Å². The van der Waals surface area contributed by atoms with Crippen LogP contribution in [0.2, 0.25) is 0 Å². The van der Waals surface area contributed by atoms with E-state index in [1.54, 1.807) is 0 Å². The number of benzene rings is 1. The number of anilines is 1. The molecule has 1 aliphatic heterocycles. The molecule has 0 bridgehead atoms. The van der Waals surface area contributed by atoms with E-state index in [1.165, 1.54) is 0 Å². The van der Waals surface area contributed by atoms with Gasteiger partial charge in [-0.15, -0.1) is 0 Å². The SMILES string of the molecule is CCNc1cc(C)ccc1C(=O)NC(C)C1CCOCC1. The maximum atomic E-state index is 12.5. The Morgan fingerprint density at radius 3 is 2.76 bits per heavy atom. The van der Waals surface area contributed by atoms with Gasteiger partial charge in [-0.05, 0) is 57.2 Å². The lowest BCUT2D eigenvalue weighted by Crippen LogP contribution is -2.40. The van der Waals surface area contributed by atoms with Crippen LogP contribution in [-0.2, 0) is 4.74 Å². The molecule has 21 heavy (non-hydrogen) atoms. The van der Waals surface area contributed by atoms with Gasteiger partial charge in [0.15, 0.2) is 0 Å². The van der Waals surface area contributed by atoms with Crippen molar-refractivity contribution in [3.63, 3.8) is 0 Å². The summed E-state index contributed by atoms with van der Waals surface area (Å²) in [5.41, 5.74) is 2.79. The van der Waals surface area contributed by atoms with Crippen molar-refractivity contribution in [2.75, 3.05) is 25.1 Å². The maximum Gasteiger partial charge on any atom is 0.253 e. The molecule has 1 aromatic carbocycles. The van der Waals surface area contributed by atoms with Crippen LogP contribution >= 0.6 is 0 Å². The van der Waals surface area contributed by atoms with Crippen molar-refractivity contribution in [2.24, 2.45) is 5.92 Å². The van der Waals surface area contributed by atoms with E-state index < -0.39 is 0 Å². The average molecular weight is 290 g/mol. The molecule has 1 amide bonds. The van der Waals surface area contributed by atoms with E-state index in [9.17, 15) is 4.79 Å². The van der Waals surface area contributed by atoms with Crippen LogP contribution in [0.4, 0.5) is 5.69 Å². The number of hydrogen-bond acceptors (Lipinski definition) is 3. The lowest BCUT2D eigenvalue weighted by Gasteiger charge is -2.28. The van der Waals surface area contributed by atoms with E-state index in [4.69, 9.17) is 4.74 Å². The summed E-state index contributed by atoms with van der Waals surface area (Å²) in [6.45, 7) is 8.58. The monoisotopic (exact) mass is 290 g/mol. The molecule has 4 heteroatoms. The summed E-state index contributed by atoms with van der Waals surface area (Å²) in [5, 5.41) is 6.42. The minimum absolute atomic E-state index is 0.00458. The zero-order valence-electron chi connectivity index (χ0n) is 13.2. The van der Waals surface area contributed by atoms with Gasteiger partial charge in [0.1, 0.15) is 0 Å². The number of aryl methyl sites for hydroxylation is 1. The molecule has 1 fully saturated rings. The van der Waals surface area contributed by atoms with Crippen LogP contribution in [0.1, 0.15) is 42.6 Å². The second kappa shape index (κ2) is 7.46. The Hall–Kier alpha value is -1.55. The average Bonchev–Trinajstić information content (AvgIpc) is 2.48. The van der Waals surface area contributed by atoms with Gasteiger partial charge in [0.05, 0.1) is 5.56 Å². The van der Waals surface area contributed by atoms with Crippen LogP contribution in [0.5, 0.6) is 0 Å². The van der Waals surface area contributed by atoms with Crippen molar-refractivity contribution in [2.45, 2.75) is 39.7 Å². The molecule has 4 nitrogen and oxygen atoms in total. The number of nitrogens with one attached hydrogen (secondary N) is 2. The fourth-order valence-corrected chi connectivity index (χ4v) is 2.81. The molecular weight excluding hydrogens is 264 g/mol. The van der Waals surface area contributed by atoms with Gasteiger partial charge in [-0.1, -0.05) is 6.07 Å². The van der Waals surface area contributed by atoms with Gasteiger partial charge in [-0.25, -0.2) is 0 Å². The summed E-state index contributed by atoms with van der Waals surface area (Å²) in [7, 11) is 0. The van der Waals surface area contributed by atoms with E-state index in [0.29, 0.717) is 5.92 Å². The quantitative estimate of drug-likeness (QED) is 0.876. The van der Waals surface area contributed by atoms with Crippen LogP contribution in [0, 0.1) is 12.8 Å². The molecular formula is C17H26N2O2. The largest absolute Gasteiger partial charge is 0.385 e. The Kier molecular flexibility index (Phi) is 5.62. The molecule has 1 unspecified atom stereocenters. The first kappa shape index (κ1) is 15.8. The second-order valence-corrected chi connectivity index (χ2v) is 5.79. The standard InChI is InChI=1S/C17H26N2O2/c1-4-18-16-11-12(2)5-6-15(16)17(20)19-13(3)14-7-9-21-10-8-14/h5-6,11,13-14,18H,4,7-10H2,1-3H3,(H,19,20). The van der Waals surface area contributed by atoms with Crippen LogP contribution in [0.15, 0.2) is 18.2 Å². The van der Waals surface area contributed by atoms with E-state index in [2.05, 4.69) is 17.6 Å². The van der Waals surface area contributed by atoms with Crippen LogP contribution in [0.3, 0.4) is 0 Å². The predicted molar refractivity (Wildman–Crippen MR) is 85.8 cm³/mol. The number of carbonyl (C=O) groups is 1. The number of carbonyl (C=O) groups excluding carboxylic acids is 1. The Balaban J connectivity index is 2.05. The molecule has 0 saturated carbocycles. The normalized spacial score (nSPS) is 17.3. The lowest BCUT2D eigenvalue weighted by molar-refractivity contribution is 0.0538. The molecule has 1 heterocycles. The minimum Gasteiger partial charge on any atom is -0.385 e. The third-order valence-corrected chi connectivity index (χ3v) is 4.12. The first-order valence-electron chi connectivity index (χ1n) is 7.85. The first-order chi connectivity index (χ1) is 10.1. The van der Waals surface area contributed by atoms with Gasteiger partial charge < -0.3 is 15.4 Å². The number of ether oxygens (including phenoxy) is 1. The molecule has 1 aliphatic rings. The Morgan fingerprint density at radius 1 is 1.38 bits per heavy atom. The highest BCUT2D eigenvalue weighted by Gasteiger charge is 2.23. The van der Waals surface area contributed by atoms with Crippen molar-refractivity contribution in [3.05, 3.63) is 29.3 Å². The second-order valence-electron chi connectivity index (χ2n) is 5.79. The van der Waals surface area contributed by atoms with Crippen molar-refractivity contribution in [1.29, 1.82) is 0 Å². The summed E-state index contributed by atoms with van der Waals surface area (Å²) < 4.78 is 5.38. The fourth-order valence-electron chi connectivity index (χ4n) is 2.81. The Bertz CT molecular complexity index is 482. The van der Waals surface area contributed by atoms with Crippen molar-refractivity contribution in [3.8, 4) is 0 Å². The van der Waals surface area contributed by atoms with Gasteiger partial charge in [-0.3, -0.25) is 4.79 Å². The zero-order valence-corrected chi connectivity index (χ0v) is 13.2. The predicted octanol–water partition coefficient (Wildman–Crippen LogP) is 2.97. The van der Waals surface area contributed by atoms with Gasteiger partial charge in [-0.2, -0.15) is 0 Å². The van der Waals surface area contributed by atoms with Crippen molar-refractivity contribution < 1.29 is 9.53 Å². The number of hydrogen-bond donors (Lipinski definition) is 2. The summed E-state index contributed by atoms with van der Waals surface area (Å²) in [5.74, 6) is 0.515. The molecule has 1 saturated heterocycles. The van der Waals surface area contributed by atoms with Gasteiger partial charge in [0.25, 0.3) is 5.91 Å².